The summed E-state index contributed by atoms with van der Waals surface area (Å²) in [7, 11) is 1.20. The summed E-state index contributed by atoms with van der Waals surface area (Å²) < 4.78 is 5.62. The zero-order valence-electron chi connectivity index (χ0n) is 9.93. The second-order valence-electron chi connectivity index (χ2n) is 3.46. The number of carboxylic acids is 1. The second-order valence-corrected chi connectivity index (χ2v) is 3.46. The molecule has 0 spiro atoms. The number of aromatic amines is 1. The summed E-state index contributed by atoms with van der Waals surface area (Å²) in [4.78, 5) is 38.3. The van der Waals surface area contributed by atoms with Gasteiger partial charge in [0, 0.05) is 0 Å². The molecule has 0 aliphatic carbocycles. The van der Waals surface area contributed by atoms with Crippen LogP contribution < -0.4 is 10.3 Å². The Morgan fingerprint density at radius 1 is 1.60 bits per heavy atom. The average molecular weight is 281 g/mol. The first kappa shape index (κ1) is 13.2. The molecule has 0 saturated heterocycles. The number of ether oxygens (including phenoxy) is 1. The quantitative estimate of drug-likeness (QED) is 0.565. The third-order valence-electron chi connectivity index (χ3n) is 2.31. The van der Waals surface area contributed by atoms with Crippen LogP contribution in [0.3, 0.4) is 0 Å². The molecule has 0 aromatic carbocycles. The molecule has 0 atom stereocenters. The number of nitrogens with one attached hydrogen (secondary N) is 1. The second kappa shape index (κ2) is 4.79. The molecule has 2 N–H and O–H groups in total. The highest BCUT2D eigenvalue weighted by molar-refractivity contribution is 5.89. The van der Waals surface area contributed by atoms with Gasteiger partial charge in [0.15, 0.2) is 0 Å². The monoisotopic (exact) mass is 281 g/mol. The van der Waals surface area contributed by atoms with E-state index in [0.717, 1.165) is 17.2 Å². The van der Waals surface area contributed by atoms with E-state index >= 15 is 0 Å². The van der Waals surface area contributed by atoms with E-state index in [4.69, 9.17) is 9.84 Å². The number of hydrogen-bond acceptors (Lipinski definition) is 7. The summed E-state index contributed by atoms with van der Waals surface area (Å²) in [5, 5.41) is 23.1. The summed E-state index contributed by atoms with van der Waals surface area (Å²) in [5.41, 5.74) is -2.12. The summed E-state index contributed by atoms with van der Waals surface area (Å²) in [6.45, 7) is 0. The van der Waals surface area contributed by atoms with Crippen molar-refractivity contribution >= 4 is 11.7 Å². The molecule has 0 radical (unpaired) electrons. The number of hydrogen-bond donors (Lipinski definition) is 2. The molecule has 11 nitrogen and oxygen atoms in total. The SMILES string of the molecule is COc1c(-n2cc([N+](=O)[O-])c(C(=O)O)n2)nc[nH]c1=O. The van der Waals surface area contributed by atoms with E-state index in [2.05, 4.69) is 15.1 Å². The van der Waals surface area contributed by atoms with Crippen molar-refractivity contribution in [1.82, 2.24) is 19.7 Å². The van der Waals surface area contributed by atoms with Gasteiger partial charge in [0.2, 0.25) is 17.3 Å². The van der Waals surface area contributed by atoms with Crippen LogP contribution in [0.1, 0.15) is 10.5 Å². The molecule has 0 aliphatic rings. The summed E-state index contributed by atoms with van der Waals surface area (Å²) in [6.07, 6.45) is 1.88. The first-order chi connectivity index (χ1) is 9.45. The topological polar surface area (TPSA) is 153 Å². The molecule has 2 aromatic rings. The van der Waals surface area contributed by atoms with Crippen molar-refractivity contribution in [3.63, 3.8) is 0 Å². The maximum absolute atomic E-state index is 11.5. The van der Waals surface area contributed by atoms with E-state index in [0.29, 0.717) is 0 Å². The van der Waals surface area contributed by atoms with Crippen LogP contribution in [0.2, 0.25) is 0 Å². The van der Waals surface area contributed by atoms with Crippen molar-refractivity contribution in [2.75, 3.05) is 7.11 Å². The summed E-state index contributed by atoms with van der Waals surface area (Å²) in [6, 6.07) is 0. The van der Waals surface area contributed by atoms with Gasteiger partial charge in [0.05, 0.1) is 18.4 Å². The molecule has 2 heterocycles. The standard InChI is InChI=1S/C9H7N5O6/c1-20-6-7(10-3-11-8(6)15)13-2-4(14(18)19)5(12-13)9(16)17/h2-3H,1H3,(H,16,17)(H,10,11,15). The van der Waals surface area contributed by atoms with E-state index in [1.54, 1.807) is 0 Å². The average Bonchev–Trinajstić information content (AvgIpc) is 2.83. The lowest BCUT2D eigenvalue weighted by atomic mass is 10.4. The number of methoxy groups -OCH3 is 1. The van der Waals surface area contributed by atoms with Crippen molar-refractivity contribution in [2.24, 2.45) is 0 Å². The van der Waals surface area contributed by atoms with Crippen molar-refractivity contribution < 1.29 is 19.6 Å². The minimum absolute atomic E-state index is 0.160. The van der Waals surface area contributed by atoms with Crippen molar-refractivity contribution in [2.45, 2.75) is 0 Å². The zero-order chi connectivity index (χ0) is 14.9. The predicted molar refractivity (Wildman–Crippen MR) is 62.1 cm³/mol. The van der Waals surface area contributed by atoms with Crippen molar-refractivity contribution in [3.8, 4) is 11.6 Å². The Bertz CT molecular complexity index is 716. The number of carbonyl (C=O) groups is 1. The Morgan fingerprint density at radius 3 is 2.80 bits per heavy atom. The van der Waals surface area contributed by atoms with Crippen molar-refractivity contribution in [1.29, 1.82) is 0 Å². The Balaban J connectivity index is 2.69. The molecule has 2 rings (SSSR count). The normalized spacial score (nSPS) is 10.2. The van der Waals surface area contributed by atoms with Gasteiger partial charge in [-0.25, -0.2) is 14.5 Å². The Labute approximate surface area is 109 Å². The van der Waals surface area contributed by atoms with Gasteiger partial charge in [-0.05, 0) is 0 Å². The first-order valence-electron chi connectivity index (χ1n) is 5.05. The van der Waals surface area contributed by atoms with Crippen LogP contribution in [0.4, 0.5) is 5.69 Å². The molecule has 0 saturated carbocycles. The lowest BCUT2D eigenvalue weighted by molar-refractivity contribution is -0.385. The molecule has 0 unspecified atom stereocenters. The van der Waals surface area contributed by atoms with Crippen LogP contribution in [0.15, 0.2) is 17.3 Å². The van der Waals surface area contributed by atoms with Gasteiger partial charge in [0.1, 0.15) is 6.20 Å². The van der Waals surface area contributed by atoms with Crippen LogP contribution in [0.5, 0.6) is 5.75 Å². The molecule has 2 aromatic heterocycles. The molecule has 20 heavy (non-hydrogen) atoms. The summed E-state index contributed by atoms with van der Waals surface area (Å²) >= 11 is 0. The van der Waals surface area contributed by atoms with E-state index < -0.39 is 27.8 Å². The Hall–Kier alpha value is -3.24. The van der Waals surface area contributed by atoms with Crippen LogP contribution in [-0.4, -0.2) is 42.9 Å². The molecule has 0 amide bonds. The number of aromatic carboxylic acids is 1. The molecule has 11 heteroatoms. The predicted octanol–water partition coefficient (Wildman–Crippen LogP) is -0.429. The smallest absolute Gasteiger partial charge is 0.363 e. The lowest BCUT2D eigenvalue weighted by Crippen LogP contribution is -2.15. The summed E-state index contributed by atoms with van der Waals surface area (Å²) in [5.74, 6) is -1.98. The Morgan fingerprint density at radius 2 is 2.30 bits per heavy atom. The van der Waals surface area contributed by atoms with Gasteiger partial charge in [-0.3, -0.25) is 14.9 Å². The lowest BCUT2D eigenvalue weighted by Gasteiger charge is -2.04. The maximum atomic E-state index is 11.5. The minimum atomic E-state index is -1.57. The maximum Gasteiger partial charge on any atom is 0.363 e. The fraction of sp³-hybridized carbons (Fsp3) is 0.111. The highest BCUT2D eigenvalue weighted by atomic mass is 16.6. The number of aromatic nitrogens is 4. The zero-order valence-corrected chi connectivity index (χ0v) is 9.93. The number of nitro groups is 1. The molecule has 104 valence electrons. The number of H-pyrrole nitrogens is 1. The number of nitrogens with zero attached hydrogens (tertiary/aromatic N) is 4. The largest absolute Gasteiger partial charge is 0.488 e. The molecule has 0 fully saturated rings. The minimum Gasteiger partial charge on any atom is -0.488 e. The van der Waals surface area contributed by atoms with Gasteiger partial charge in [-0.15, -0.1) is 0 Å². The van der Waals surface area contributed by atoms with E-state index in [9.17, 15) is 19.7 Å². The van der Waals surface area contributed by atoms with Crippen LogP contribution in [0.25, 0.3) is 5.82 Å². The fourth-order valence-electron chi connectivity index (χ4n) is 1.48. The highest BCUT2D eigenvalue weighted by Gasteiger charge is 2.27. The van der Waals surface area contributed by atoms with E-state index in [1.807, 2.05) is 0 Å². The Kier molecular flexibility index (Phi) is 3.16. The van der Waals surface area contributed by atoms with Gasteiger partial charge < -0.3 is 14.8 Å². The van der Waals surface area contributed by atoms with Crippen LogP contribution in [-0.2, 0) is 0 Å². The van der Waals surface area contributed by atoms with Crippen LogP contribution in [0, 0.1) is 10.1 Å². The molecule has 0 aliphatic heterocycles. The third kappa shape index (κ3) is 2.07. The van der Waals surface area contributed by atoms with Gasteiger partial charge in [-0.1, -0.05) is 0 Å². The number of carboxylic acid groups (broad SMARTS) is 1. The fourth-order valence-corrected chi connectivity index (χ4v) is 1.48. The van der Waals surface area contributed by atoms with Gasteiger partial charge in [-0.2, -0.15) is 5.10 Å². The molecular weight excluding hydrogens is 274 g/mol. The first-order valence-corrected chi connectivity index (χ1v) is 5.05. The third-order valence-corrected chi connectivity index (χ3v) is 2.31. The molecular formula is C9H7N5O6. The van der Waals surface area contributed by atoms with Crippen molar-refractivity contribution in [3.05, 3.63) is 38.7 Å². The van der Waals surface area contributed by atoms with E-state index in [-0.39, 0.29) is 11.6 Å². The van der Waals surface area contributed by atoms with Gasteiger partial charge >= 0.3 is 11.7 Å². The van der Waals surface area contributed by atoms with Crippen LogP contribution >= 0.6 is 0 Å². The molecule has 0 bridgehead atoms. The number of rotatable bonds is 4. The van der Waals surface area contributed by atoms with Gasteiger partial charge in [0.25, 0.3) is 5.56 Å². The highest BCUT2D eigenvalue weighted by Crippen LogP contribution is 2.21. The van der Waals surface area contributed by atoms with E-state index in [1.165, 1.54) is 7.11 Å².